The van der Waals surface area contributed by atoms with E-state index in [9.17, 15) is 13.2 Å². The Labute approximate surface area is 111 Å². The second kappa shape index (κ2) is 5.81. The minimum Gasteiger partial charge on any atom is -0.274 e. The maximum Gasteiger partial charge on any atom is 0.303 e. The summed E-state index contributed by atoms with van der Waals surface area (Å²) in [5, 5.41) is 1.86. The van der Waals surface area contributed by atoms with Gasteiger partial charge in [0.2, 0.25) is 5.91 Å². The van der Waals surface area contributed by atoms with Crippen LogP contribution in [0.15, 0.2) is 17.5 Å². The molecule has 1 saturated heterocycles. The molecule has 1 fully saturated rings. The van der Waals surface area contributed by atoms with Crippen molar-refractivity contribution in [3.05, 3.63) is 22.4 Å². The van der Waals surface area contributed by atoms with Crippen LogP contribution in [0.2, 0.25) is 0 Å². The average Bonchev–Trinajstić information content (AvgIpc) is 2.82. The normalized spacial score (nSPS) is 17.6. The molecule has 1 aliphatic heterocycles. The third kappa shape index (κ3) is 3.54. The highest BCUT2D eigenvalue weighted by Crippen LogP contribution is 2.13. The number of amides is 1. The highest BCUT2D eigenvalue weighted by molar-refractivity contribution is 7.87. The van der Waals surface area contributed by atoms with Crippen molar-refractivity contribution in [2.45, 2.75) is 25.7 Å². The molecule has 1 aromatic rings. The molecule has 0 bridgehead atoms. The van der Waals surface area contributed by atoms with Crippen molar-refractivity contribution in [3.63, 3.8) is 0 Å². The van der Waals surface area contributed by atoms with E-state index in [-0.39, 0.29) is 6.42 Å². The van der Waals surface area contributed by atoms with Gasteiger partial charge in [-0.15, -0.1) is 11.3 Å². The molecular weight excluding hydrogens is 272 g/mol. The average molecular weight is 288 g/mol. The van der Waals surface area contributed by atoms with Crippen LogP contribution in [0, 0.1) is 0 Å². The van der Waals surface area contributed by atoms with Gasteiger partial charge in [0.05, 0.1) is 6.42 Å². The van der Waals surface area contributed by atoms with Gasteiger partial charge in [-0.3, -0.25) is 4.79 Å². The number of piperidine rings is 1. The Bertz CT molecular complexity index is 490. The molecule has 1 amide bonds. The summed E-state index contributed by atoms with van der Waals surface area (Å²) in [6.45, 7) is 1.00. The first kappa shape index (κ1) is 13.5. The zero-order valence-corrected chi connectivity index (χ0v) is 11.6. The molecule has 0 aromatic carbocycles. The van der Waals surface area contributed by atoms with Crippen molar-refractivity contribution in [2.24, 2.45) is 0 Å². The van der Waals surface area contributed by atoms with Gasteiger partial charge in [0.25, 0.3) is 0 Å². The van der Waals surface area contributed by atoms with E-state index < -0.39 is 16.1 Å². The summed E-state index contributed by atoms with van der Waals surface area (Å²) in [7, 11) is -3.65. The van der Waals surface area contributed by atoms with Gasteiger partial charge in [-0.1, -0.05) is 12.5 Å². The lowest BCUT2D eigenvalue weighted by Gasteiger charge is -2.25. The fraction of sp³-hybridized carbons (Fsp3) is 0.545. The van der Waals surface area contributed by atoms with Gasteiger partial charge in [-0.2, -0.15) is 12.7 Å². The minimum absolute atomic E-state index is 0.116. The molecule has 0 atom stereocenters. The first-order valence-electron chi connectivity index (χ1n) is 5.91. The summed E-state index contributed by atoms with van der Waals surface area (Å²) >= 11 is 1.44. The van der Waals surface area contributed by atoms with E-state index in [0.29, 0.717) is 13.1 Å². The molecule has 0 aliphatic carbocycles. The molecule has 5 nitrogen and oxygen atoms in total. The molecule has 0 radical (unpaired) electrons. The lowest BCUT2D eigenvalue weighted by atomic mass is 10.2. The lowest BCUT2D eigenvalue weighted by Crippen LogP contribution is -2.46. The van der Waals surface area contributed by atoms with Crippen LogP contribution in [0.5, 0.6) is 0 Å². The number of hydrogen-bond acceptors (Lipinski definition) is 4. The van der Waals surface area contributed by atoms with Crippen LogP contribution in [0.3, 0.4) is 0 Å². The topological polar surface area (TPSA) is 66.5 Å². The molecule has 1 N–H and O–H groups in total. The van der Waals surface area contributed by atoms with Crippen LogP contribution in [0.25, 0.3) is 0 Å². The molecule has 1 aliphatic rings. The maximum atomic E-state index is 11.9. The van der Waals surface area contributed by atoms with Crippen molar-refractivity contribution in [3.8, 4) is 0 Å². The SMILES string of the molecule is O=C(Cc1cccs1)NS(=O)(=O)N1CCCCC1. The van der Waals surface area contributed by atoms with E-state index in [4.69, 9.17) is 0 Å². The van der Waals surface area contributed by atoms with Crippen LogP contribution in [-0.2, 0) is 21.4 Å². The van der Waals surface area contributed by atoms with Crippen molar-refractivity contribution in [1.82, 2.24) is 9.03 Å². The Morgan fingerprint density at radius 3 is 2.67 bits per heavy atom. The van der Waals surface area contributed by atoms with E-state index in [0.717, 1.165) is 24.1 Å². The van der Waals surface area contributed by atoms with Gasteiger partial charge >= 0.3 is 10.2 Å². The predicted molar refractivity (Wildman–Crippen MR) is 70.5 cm³/mol. The van der Waals surface area contributed by atoms with Gasteiger partial charge < -0.3 is 0 Å². The van der Waals surface area contributed by atoms with Crippen LogP contribution in [0.1, 0.15) is 24.1 Å². The Morgan fingerprint density at radius 2 is 2.06 bits per heavy atom. The quantitative estimate of drug-likeness (QED) is 0.903. The fourth-order valence-electron chi connectivity index (χ4n) is 1.92. The number of nitrogens with zero attached hydrogens (tertiary/aromatic N) is 1. The Balaban J connectivity index is 1.93. The number of carbonyl (C=O) groups excluding carboxylic acids is 1. The number of nitrogens with one attached hydrogen (secondary N) is 1. The fourth-order valence-corrected chi connectivity index (χ4v) is 3.85. The second-order valence-electron chi connectivity index (χ2n) is 4.25. The lowest BCUT2D eigenvalue weighted by molar-refractivity contribution is -0.118. The molecular formula is C11H16N2O3S2. The van der Waals surface area contributed by atoms with Gasteiger partial charge in [0.1, 0.15) is 0 Å². The minimum atomic E-state index is -3.65. The maximum absolute atomic E-state index is 11.9. The second-order valence-corrected chi connectivity index (χ2v) is 6.95. The zero-order valence-electron chi connectivity index (χ0n) is 9.96. The van der Waals surface area contributed by atoms with Gasteiger partial charge in [0.15, 0.2) is 0 Å². The van der Waals surface area contributed by atoms with Gasteiger partial charge in [-0.25, -0.2) is 4.72 Å². The largest absolute Gasteiger partial charge is 0.303 e. The molecule has 2 heterocycles. The third-order valence-corrected chi connectivity index (χ3v) is 5.22. The Morgan fingerprint density at radius 1 is 1.33 bits per heavy atom. The van der Waals surface area contributed by atoms with Crippen molar-refractivity contribution >= 4 is 27.5 Å². The molecule has 7 heteroatoms. The highest BCUT2D eigenvalue weighted by Gasteiger charge is 2.25. The van der Waals surface area contributed by atoms with Crippen molar-refractivity contribution in [2.75, 3.05) is 13.1 Å². The summed E-state index contributed by atoms with van der Waals surface area (Å²) < 4.78 is 27.3. The molecule has 18 heavy (non-hydrogen) atoms. The summed E-state index contributed by atoms with van der Waals surface area (Å²) in [6, 6.07) is 3.66. The van der Waals surface area contributed by atoms with E-state index in [2.05, 4.69) is 4.72 Å². The monoisotopic (exact) mass is 288 g/mol. The van der Waals surface area contributed by atoms with Crippen LogP contribution in [-0.4, -0.2) is 31.7 Å². The number of thiophene rings is 1. The Hall–Kier alpha value is -0.920. The first-order chi connectivity index (χ1) is 8.58. The molecule has 100 valence electrons. The number of rotatable bonds is 4. The summed E-state index contributed by atoms with van der Waals surface area (Å²) in [5.74, 6) is -0.469. The summed E-state index contributed by atoms with van der Waals surface area (Å²) in [5.41, 5.74) is 0. The smallest absolute Gasteiger partial charge is 0.274 e. The Kier molecular flexibility index (Phi) is 4.36. The molecule has 0 unspecified atom stereocenters. The molecule has 2 rings (SSSR count). The first-order valence-corrected chi connectivity index (χ1v) is 8.23. The number of carbonyl (C=O) groups is 1. The van der Waals surface area contributed by atoms with Gasteiger partial charge in [0, 0.05) is 18.0 Å². The van der Waals surface area contributed by atoms with Crippen molar-refractivity contribution < 1.29 is 13.2 Å². The third-order valence-electron chi connectivity index (χ3n) is 2.81. The molecule has 0 spiro atoms. The standard InChI is InChI=1S/C11H16N2O3S2/c14-11(9-10-5-4-8-17-10)12-18(15,16)13-6-2-1-3-7-13/h4-5,8H,1-3,6-7,9H2,(H,12,14). The summed E-state index contributed by atoms with van der Waals surface area (Å²) in [6.07, 6.45) is 2.89. The van der Waals surface area contributed by atoms with Crippen LogP contribution < -0.4 is 4.72 Å². The zero-order chi connectivity index (χ0) is 13.0. The molecule has 0 saturated carbocycles. The van der Waals surface area contributed by atoms with Crippen LogP contribution in [0.4, 0.5) is 0 Å². The van der Waals surface area contributed by atoms with E-state index in [1.807, 2.05) is 17.5 Å². The van der Waals surface area contributed by atoms with Crippen LogP contribution >= 0.6 is 11.3 Å². The van der Waals surface area contributed by atoms with E-state index in [1.54, 1.807) is 0 Å². The molecule has 1 aromatic heterocycles. The van der Waals surface area contributed by atoms with E-state index in [1.165, 1.54) is 15.6 Å². The number of hydrogen-bond donors (Lipinski definition) is 1. The van der Waals surface area contributed by atoms with Crippen molar-refractivity contribution in [1.29, 1.82) is 0 Å². The van der Waals surface area contributed by atoms with E-state index >= 15 is 0 Å². The summed E-state index contributed by atoms with van der Waals surface area (Å²) in [4.78, 5) is 12.5. The van der Waals surface area contributed by atoms with Gasteiger partial charge in [-0.05, 0) is 24.3 Å². The highest BCUT2D eigenvalue weighted by atomic mass is 32.2. The predicted octanol–water partition coefficient (Wildman–Crippen LogP) is 1.14.